The van der Waals surface area contributed by atoms with Crippen LogP contribution in [0.15, 0.2) is 30.2 Å². The largest absolute Gasteiger partial charge is 0.494 e. The summed E-state index contributed by atoms with van der Waals surface area (Å²) in [4.78, 5) is 20.8. The Labute approximate surface area is 161 Å². The summed E-state index contributed by atoms with van der Waals surface area (Å²) in [7, 11) is 3.94. The van der Waals surface area contributed by atoms with Gasteiger partial charge in [-0.2, -0.15) is 0 Å². The maximum atomic E-state index is 14.0. The highest BCUT2D eigenvalue weighted by molar-refractivity contribution is 7.22. The summed E-state index contributed by atoms with van der Waals surface area (Å²) in [5.74, 6) is -0.564. The van der Waals surface area contributed by atoms with E-state index in [9.17, 15) is 9.18 Å². The van der Waals surface area contributed by atoms with Crippen molar-refractivity contribution in [3.8, 4) is 0 Å². The number of hydrogen-bond donors (Lipinski definition) is 0. The van der Waals surface area contributed by atoms with E-state index in [0.717, 1.165) is 13.0 Å². The molecule has 1 aliphatic rings. The average molecular weight is 402 g/mol. The van der Waals surface area contributed by atoms with Crippen LogP contribution < -0.4 is 4.90 Å². The maximum Gasteiger partial charge on any atom is 0.298 e. The zero-order valence-corrected chi connectivity index (χ0v) is 16.2. The fourth-order valence-corrected chi connectivity index (χ4v) is 3.47. The number of rotatable bonds is 6. The second kappa shape index (κ2) is 9.16. The van der Waals surface area contributed by atoms with Crippen LogP contribution in [0.3, 0.4) is 0 Å². The first kappa shape index (κ1) is 20.4. The second-order valence-corrected chi connectivity index (χ2v) is 6.91. The average Bonchev–Trinajstić information content (AvgIpc) is 3.04. The number of fused-ring (bicyclic) bond motifs is 1. The van der Waals surface area contributed by atoms with Crippen LogP contribution in [0.4, 0.5) is 9.52 Å². The first-order chi connectivity index (χ1) is 12.1. The van der Waals surface area contributed by atoms with Crippen LogP contribution in [-0.2, 0) is 14.3 Å². The van der Waals surface area contributed by atoms with Gasteiger partial charge in [-0.15, -0.1) is 12.4 Å². The summed E-state index contributed by atoms with van der Waals surface area (Å²) in [5, 5.41) is 0.457. The summed E-state index contributed by atoms with van der Waals surface area (Å²) in [5.41, 5.74) is 0.280. The lowest BCUT2D eigenvalue weighted by Gasteiger charge is -2.23. The Morgan fingerprint density at radius 2 is 2.12 bits per heavy atom. The first-order valence-electron chi connectivity index (χ1n) is 8.02. The van der Waals surface area contributed by atoms with Crippen LogP contribution in [-0.4, -0.2) is 56.2 Å². The maximum absolute atomic E-state index is 14.0. The van der Waals surface area contributed by atoms with Crippen LogP contribution in [0.1, 0.15) is 6.42 Å². The van der Waals surface area contributed by atoms with Crippen molar-refractivity contribution in [2.75, 3.05) is 45.3 Å². The van der Waals surface area contributed by atoms with Gasteiger partial charge in [0.05, 0.1) is 4.70 Å². The van der Waals surface area contributed by atoms with Crippen molar-refractivity contribution < 1.29 is 18.7 Å². The van der Waals surface area contributed by atoms with Crippen molar-refractivity contribution in [2.45, 2.75) is 6.42 Å². The lowest BCUT2D eigenvalue weighted by Crippen LogP contribution is -2.36. The van der Waals surface area contributed by atoms with Crippen LogP contribution in [0, 0.1) is 5.82 Å². The number of para-hydroxylation sites is 1. The molecule has 3 rings (SSSR count). The van der Waals surface area contributed by atoms with Crippen LogP contribution >= 0.6 is 23.7 Å². The molecule has 1 aliphatic heterocycles. The summed E-state index contributed by atoms with van der Waals surface area (Å²) < 4.78 is 25.3. The number of thiazole rings is 1. The molecule has 0 unspecified atom stereocenters. The van der Waals surface area contributed by atoms with Gasteiger partial charge in [0, 0.05) is 6.54 Å². The van der Waals surface area contributed by atoms with Gasteiger partial charge in [0.15, 0.2) is 5.13 Å². The smallest absolute Gasteiger partial charge is 0.298 e. The molecule has 0 bridgehead atoms. The summed E-state index contributed by atoms with van der Waals surface area (Å²) in [6, 6.07) is 4.80. The fourth-order valence-electron chi connectivity index (χ4n) is 2.46. The number of ether oxygens (including phenoxy) is 2. The molecule has 0 radical (unpaired) electrons. The van der Waals surface area contributed by atoms with Crippen molar-refractivity contribution >= 4 is 45.0 Å². The number of benzene rings is 1. The molecule has 6 nitrogen and oxygen atoms in total. The molecular formula is C17H21ClFN3O3S. The number of aromatic nitrogens is 1. The Bertz CT molecular complexity index is 797. The highest BCUT2D eigenvalue weighted by atomic mass is 35.5. The molecule has 2 heterocycles. The highest BCUT2D eigenvalue weighted by Gasteiger charge is 2.26. The number of hydrogen-bond acceptors (Lipinski definition) is 6. The first-order valence-corrected chi connectivity index (χ1v) is 8.84. The molecule has 9 heteroatoms. The molecule has 0 spiro atoms. The van der Waals surface area contributed by atoms with E-state index < -0.39 is 5.82 Å². The SMILES string of the molecule is CN(C)CCCN(C(=O)C1=COCCO1)c1nc2c(F)cccc2s1.Cl. The third-order valence-electron chi connectivity index (χ3n) is 3.68. The van der Waals surface area contributed by atoms with Gasteiger partial charge < -0.3 is 14.4 Å². The molecular weight excluding hydrogens is 381 g/mol. The molecule has 0 saturated heterocycles. The van der Waals surface area contributed by atoms with E-state index >= 15 is 0 Å². The third kappa shape index (κ3) is 4.63. The van der Waals surface area contributed by atoms with E-state index in [1.807, 2.05) is 19.0 Å². The third-order valence-corrected chi connectivity index (χ3v) is 4.73. The number of anilines is 1. The van der Waals surface area contributed by atoms with Crippen molar-refractivity contribution in [3.63, 3.8) is 0 Å². The minimum Gasteiger partial charge on any atom is -0.494 e. The van der Waals surface area contributed by atoms with Crippen molar-refractivity contribution in [1.82, 2.24) is 9.88 Å². The van der Waals surface area contributed by atoms with Crippen LogP contribution in [0.2, 0.25) is 0 Å². The Morgan fingerprint density at radius 1 is 1.31 bits per heavy atom. The molecule has 0 fully saturated rings. The minimum absolute atomic E-state index is 0. The van der Waals surface area contributed by atoms with Gasteiger partial charge in [-0.3, -0.25) is 9.69 Å². The van der Waals surface area contributed by atoms with Gasteiger partial charge in [0.25, 0.3) is 5.91 Å². The molecule has 26 heavy (non-hydrogen) atoms. The van der Waals surface area contributed by atoms with Gasteiger partial charge in [-0.05, 0) is 39.2 Å². The Morgan fingerprint density at radius 3 is 2.77 bits per heavy atom. The van der Waals surface area contributed by atoms with E-state index in [2.05, 4.69) is 4.98 Å². The zero-order valence-electron chi connectivity index (χ0n) is 14.6. The lowest BCUT2D eigenvalue weighted by molar-refractivity contribution is -0.119. The molecule has 1 aromatic heterocycles. The van der Waals surface area contributed by atoms with Gasteiger partial charge in [0.2, 0.25) is 5.76 Å². The van der Waals surface area contributed by atoms with E-state index in [0.29, 0.717) is 29.6 Å². The lowest BCUT2D eigenvalue weighted by atomic mass is 10.3. The monoisotopic (exact) mass is 401 g/mol. The standard InChI is InChI=1S/C17H20FN3O3S.ClH/c1-20(2)7-4-8-21(16(22)13-11-23-9-10-24-13)17-19-15-12(18)5-3-6-14(15)25-17;/h3,5-6,11H,4,7-10H2,1-2H3;1H. The normalized spacial score (nSPS) is 13.6. The van der Waals surface area contributed by atoms with Crippen molar-refractivity contribution in [1.29, 1.82) is 0 Å². The van der Waals surface area contributed by atoms with Crippen molar-refractivity contribution in [2.24, 2.45) is 0 Å². The highest BCUT2D eigenvalue weighted by Crippen LogP contribution is 2.31. The summed E-state index contributed by atoms with van der Waals surface area (Å²) in [6.07, 6.45) is 2.09. The fraction of sp³-hybridized carbons (Fsp3) is 0.412. The van der Waals surface area contributed by atoms with E-state index in [1.165, 1.54) is 28.6 Å². The number of carbonyl (C=O) groups excluding carboxylic acids is 1. The van der Waals surface area contributed by atoms with Gasteiger partial charge in [0.1, 0.15) is 30.8 Å². The molecule has 0 atom stereocenters. The molecule has 2 aromatic rings. The van der Waals surface area contributed by atoms with Gasteiger partial charge in [-0.1, -0.05) is 17.4 Å². The number of carbonyl (C=O) groups is 1. The number of amides is 1. The van der Waals surface area contributed by atoms with E-state index in [-0.39, 0.29) is 29.6 Å². The Kier molecular flexibility index (Phi) is 7.19. The molecule has 1 aromatic carbocycles. The minimum atomic E-state index is -0.392. The predicted octanol–water partition coefficient (Wildman–Crippen LogP) is 3.03. The van der Waals surface area contributed by atoms with Crippen molar-refractivity contribution in [3.05, 3.63) is 36.0 Å². The van der Waals surface area contributed by atoms with Gasteiger partial charge in [-0.25, -0.2) is 9.37 Å². The molecule has 0 saturated carbocycles. The van der Waals surface area contributed by atoms with E-state index in [4.69, 9.17) is 9.47 Å². The van der Waals surface area contributed by atoms with Crippen LogP contribution in [0.25, 0.3) is 10.2 Å². The van der Waals surface area contributed by atoms with E-state index in [1.54, 1.807) is 12.1 Å². The number of nitrogens with zero attached hydrogens (tertiary/aromatic N) is 3. The quantitative estimate of drug-likeness (QED) is 0.744. The molecule has 0 aliphatic carbocycles. The number of halogens is 2. The Balaban J connectivity index is 0.00000243. The zero-order chi connectivity index (χ0) is 17.8. The summed E-state index contributed by atoms with van der Waals surface area (Å²) >= 11 is 1.29. The second-order valence-electron chi connectivity index (χ2n) is 5.90. The predicted molar refractivity (Wildman–Crippen MR) is 102 cm³/mol. The topological polar surface area (TPSA) is 54.9 Å². The van der Waals surface area contributed by atoms with Gasteiger partial charge >= 0.3 is 0 Å². The Hall–Kier alpha value is -1.90. The molecule has 1 amide bonds. The summed E-state index contributed by atoms with van der Waals surface area (Å²) in [6.45, 7) is 2.03. The molecule has 0 N–H and O–H groups in total. The van der Waals surface area contributed by atoms with Crippen LogP contribution in [0.5, 0.6) is 0 Å². The molecule has 142 valence electrons.